The van der Waals surface area contributed by atoms with E-state index in [0.717, 1.165) is 28.4 Å². The lowest BCUT2D eigenvalue weighted by Crippen LogP contribution is -2.10. The van der Waals surface area contributed by atoms with Crippen LogP contribution in [0.3, 0.4) is 0 Å². The van der Waals surface area contributed by atoms with Gasteiger partial charge in [-0.05, 0) is 145 Å². The average molecular weight is 853 g/mol. The highest BCUT2D eigenvalue weighted by atomic mass is 32.2. The fourth-order valence-electron chi connectivity index (χ4n) is 9.09. The number of thiophene rings is 2. The Bertz CT molecular complexity index is 3390. The normalized spacial score (nSPS) is 14.3. The molecule has 0 N–H and O–H groups in total. The number of nitrogens with zero attached hydrogens (tertiary/aromatic N) is 2. The molecule has 1 aliphatic heterocycles. The lowest BCUT2D eigenvalue weighted by molar-refractivity contribution is 0.971. The third-order valence-corrected chi connectivity index (χ3v) is 15.6. The van der Waals surface area contributed by atoms with Crippen LogP contribution in [0.25, 0.3) is 51.1 Å². The first-order valence-corrected chi connectivity index (χ1v) is 24.0. The van der Waals surface area contributed by atoms with Crippen LogP contribution < -0.4 is 9.80 Å². The summed E-state index contributed by atoms with van der Waals surface area (Å²) in [4.78, 5) is 6.34. The van der Waals surface area contributed by atoms with E-state index in [4.69, 9.17) is 0 Å². The molecule has 0 amide bonds. The van der Waals surface area contributed by atoms with E-state index in [1.807, 2.05) is 34.4 Å². The van der Waals surface area contributed by atoms with E-state index < -0.39 is 0 Å². The Morgan fingerprint density at radius 3 is 1.89 bits per heavy atom. The number of rotatable bonds is 6. The van der Waals surface area contributed by atoms with E-state index in [9.17, 15) is 0 Å². The molecule has 62 heavy (non-hydrogen) atoms. The van der Waals surface area contributed by atoms with Crippen LogP contribution in [0.15, 0.2) is 210 Å². The van der Waals surface area contributed by atoms with Crippen molar-refractivity contribution in [3.63, 3.8) is 0 Å². The van der Waals surface area contributed by atoms with Gasteiger partial charge in [0.15, 0.2) is 0 Å². The number of hydrogen-bond acceptors (Lipinski definition) is 5. The first kappa shape index (κ1) is 38.5. The van der Waals surface area contributed by atoms with Crippen molar-refractivity contribution in [1.29, 1.82) is 0 Å². The summed E-state index contributed by atoms with van der Waals surface area (Å²) in [5.74, 6) is 1.20. The molecule has 300 valence electrons. The second kappa shape index (κ2) is 16.5. The summed E-state index contributed by atoms with van der Waals surface area (Å²) < 4.78 is 5.19. The highest BCUT2D eigenvalue weighted by molar-refractivity contribution is 8.03. The maximum Gasteiger partial charge on any atom is 0.0643 e. The fraction of sp³-hybridized carbons (Fsp3) is 0.0877. The number of allylic oxidation sites excluding steroid dienone is 4. The van der Waals surface area contributed by atoms with Gasteiger partial charge in [-0.2, -0.15) is 0 Å². The molecule has 1 aliphatic carbocycles. The van der Waals surface area contributed by atoms with E-state index in [0.29, 0.717) is 0 Å². The standard InChI is InChI=1S/C47H32N2S2.C10H12S/c1-31-26-42-41-29-37(48(34-14-4-2-5-15-34)36-21-20-32-12-8-9-13-33(32)28-36)22-25-46(41)51-47(42)43(27-31)49(35-16-6-3-7-17-35)38-23-24-45-40(30-38)39-18-10-11-19-44(39)50-45;1-2-8-7-11-10-6-4-3-5-9(8)10/h2-30H,1H3;2,4,6H,3,5,7H2,1H3/b;8-2+. The predicted octanol–water partition coefficient (Wildman–Crippen LogP) is 18.1. The van der Waals surface area contributed by atoms with Gasteiger partial charge in [-0.1, -0.05) is 103 Å². The van der Waals surface area contributed by atoms with Crippen LogP contribution in [-0.2, 0) is 0 Å². The van der Waals surface area contributed by atoms with Crippen molar-refractivity contribution in [1.82, 2.24) is 0 Å². The van der Waals surface area contributed by atoms with Gasteiger partial charge in [0.05, 0.1) is 10.4 Å². The molecule has 0 fully saturated rings. The van der Waals surface area contributed by atoms with Crippen molar-refractivity contribution in [3.8, 4) is 0 Å². The number of aryl methyl sites for hydroxylation is 1. The molecule has 2 aromatic heterocycles. The van der Waals surface area contributed by atoms with E-state index in [-0.39, 0.29) is 0 Å². The van der Waals surface area contributed by atoms with Crippen LogP contribution in [-0.4, -0.2) is 5.75 Å². The van der Waals surface area contributed by atoms with E-state index in [2.05, 4.69) is 218 Å². The van der Waals surface area contributed by atoms with E-state index in [1.165, 1.54) is 85.9 Å². The van der Waals surface area contributed by atoms with Gasteiger partial charge in [0.1, 0.15) is 0 Å². The van der Waals surface area contributed by atoms with Gasteiger partial charge in [-0.25, -0.2) is 0 Å². The highest BCUT2D eigenvalue weighted by Gasteiger charge is 2.22. The summed E-state index contributed by atoms with van der Waals surface area (Å²) in [7, 11) is 0. The van der Waals surface area contributed by atoms with Gasteiger partial charge in [-0.3, -0.25) is 0 Å². The molecule has 0 radical (unpaired) electrons. The fourth-order valence-corrected chi connectivity index (χ4v) is 12.6. The summed E-state index contributed by atoms with van der Waals surface area (Å²) in [6.07, 6.45) is 9.31. The maximum absolute atomic E-state index is 2.45. The molecule has 2 nitrogen and oxygen atoms in total. The maximum atomic E-state index is 2.45. The zero-order valence-corrected chi connectivity index (χ0v) is 37.2. The van der Waals surface area contributed by atoms with Gasteiger partial charge in [0.2, 0.25) is 0 Å². The van der Waals surface area contributed by atoms with Gasteiger partial charge in [0.25, 0.3) is 0 Å². The summed E-state index contributed by atoms with van der Waals surface area (Å²) >= 11 is 5.72. The summed E-state index contributed by atoms with van der Waals surface area (Å²) in [5, 5.41) is 7.63. The Morgan fingerprint density at radius 1 is 0.500 bits per heavy atom. The number of para-hydroxylation sites is 2. The van der Waals surface area contributed by atoms with Crippen LogP contribution in [0.2, 0.25) is 0 Å². The number of thioether (sulfide) groups is 1. The highest BCUT2D eigenvalue weighted by Crippen LogP contribution is 2.48. The Kier molecular flexibility index (Phi) is 10.2. The molecule has 12 rings (SSSR count). The molecule has 0 atom stereocenters. The number of fused-ring (bicyclic) bond motifs is 7. The molecule has 5 heteroatoms. The predicted molar refractivity (Wildman–Crippen MR) is 275 cm³/mol. The van der Waals surface area contributed by atoms with Crippen LogP contribution in [0.4, 0.5) is 34.1 Å². The number of benzene rings is 8. The zero-order valence-electron chi connectivity index (χ0n) is 34.7. The molecule has 3 heterocycles. The van der Waals surface area contributed by atoms with Crippen LogP contribution in [0.1, 0.15) is 25.3 Å². The SMILES string of the molecule is C/C=C1\CSC2=C1CCC=C2.Cc1cc(N(c2ccccc2)c2ccc3sc4ccccc4c3c2)c2sc3ccc(N(c4ccccc4)c4ccc5ccccc5c4)cc3c2c1. The quantitative estimate of drug-likeness (QED) is 0.165. The first-order valence-electron chi connectivity index (χ1n) is 21.3. The Labute approximate surface area is 375 Å². The van der Waals surface area contributed by atoms with Crippen molar-refractivity contribution in [2.24, 2.45) is 0 Å². The molecule has 10 aromatic rings. The lowest BCUT2D eigenvalue weighted by Gasteiger charge is -2.27. The second-order valence-electron chi connectivity index (χ2n) is 16.0. The Morgan fingerprint density at radius 2 is 1.11 bits per heavy atom. The van der Waals surface area contributed by atoms with Crippen molar-refractivity contribution in [2.75, 3.05) is 15.6 Å². The minimum absolute atomic E-state index is 1.13. The minimum Gasteiger partial charge on any atom is -0.310 e. The first-order chi connectivity index (χ1) is 30.6. The van der Waals surface area contributed by atoms with Gasteiger partial charge in [-0.15, -0.1) is 34.4 Å². The van der Waals surface area contributed by atoms with E-state index in [1.54, 1.807) is 11.1 Å². The zero-order chi connectivity index (χ0) is 41.6. The van der Waals surface area contributed by atoms with Gasteiger partial charge >= 0.3 is 0 Å². The Hall–Kier alpha value is -6.37. The van der Waals surface area contributed by atoms with Crippen LogP contribution >= 0.6 is 34.4 Å². The van der Waals surface area contributed by atoms with Crippen molar-refractivity contribution in [3.05, 3.63) is 216 Å². The van der Waals surface area contributed by atoms with Gasteiger partial charge < -0.3 is 9.80 Å². The largest absolute Gasteiger partial charge is 0.310 e. The summed E-state index contributed by atoms with van der Waals surface area (Å²) in [6, 6.07) is 64.2. The van der Waals surface area contributed by atoms with E-state index >= 15 is 0 Å². The lowest BCUT2D eigenvalue weighted by atomic mass is 9.98. The molecule has 2 aliphatic rings. The van der Waals surface area contributed by atoms with Crippen molar-refractivity contribution in [2.45, 2.75) is 26.7 Å². The summed E-state index contributed by atoms with van der Waals surface area (Å²) in [6.45, 7) is 4.37. The second-order valence-corrected chi connectivity index (χ2v) is 19.1. The molecule has 0 saturated carbocycles. The average Bonchev–Trinajstić information content (AvgIpc) is 4.03. The molecular weight excluding hydrogens is 809 g/mol. The third kappa shape index (κ3) is 7.10. The molecule has 0 saturated heterocycles. The van der Waals surface area contributed by atoms with Crippen LogP contribution in [0, 0.1) is 6.92 Å². The number of anilines is 6. The monoisotopic (exact) mass is 852 g/mol. The third-order valence-electron chi connectivity index (χ3n) is 12.1. The topological polar surface area (TPSA) is 6.48 Å². The molecule has 8 aromatic carbocycles. The van der Waals surface area contributed by atoms with Crippen molar-refractivity contribution < 1.29 is 0 Å². The molecule has 0 spiro atoms. The minimum atomic E-state index is 1.13. The van der Waals surface area contributed by atoms with Crippen LogP contribution in [0.5, 0.6) is 0 Å². The van der Waals surface area contributed by atoms with Gasteiger partial charge in [0, 0.05) is 74.7 Å². The molecule has 0 bridgehead atoms. The summed E-state index contributed by atoms with van der Waals surface area (Å²) in [5.41, 5.74) is 11.3. The Balaban J connectivity index is 0.000000341. The molecular formula is C57H44N2S3. The van der Waals surface area contributed by atoms with Crippen molar-refractivity contribution >= 4 is 120 Å². The number of hydrogen-bond donors (Lipinski definition) is 0. The smallest absolute Gasteiger partial charge is 0.0643 e. The molecule has 0 unspecified atom stereocenters.